The van der Waals surface area contributed by atoms with Crippen LogP contribution in [0.2, 0.25) is 5.02 Å². The van der Waals surface area contributed by atoms with E-state index in [0.29, 0.717) is 18.1 Å². The highest BCUT2D eigenvalue weighted by molar-refractivity contribution is 6.30. The Hall–Kier alpha value is -2.08. The summed E-state index contributed by atoms with van der Waals surface area (Å²) in [4.78, 5) is 11.7. The van der Waals surface area contributed by atoms with Crippen molar-refractivity contribution >= 4 is 17.6 Å². The van der Waals surface area contributed by atoms with Gasteiger partial charge in [0.15, 0.2) is 0 Å². The molecule has 0 saturated carbocycles. The molecule has 0 bridgehead atoms. The van der Waals surface area contributed by atoms with Crippen molar-refractivity contribution in [3.05, 3.63) is 40.4 Å². The lowest BCUT2D eigenvalue weighted by Gasteiger charge is -2.21. The highest BCUT2D eigenvalue weighted by atomic mass is 35.5. The molecule has 7 heteroatoms. The normalized spacial score (nSPS) is 16.4. The second-order valence-corrected chi connectivity index (χ2v) is 6.70. The maximum atomic E-state index is 11.7. The first-order chi connectivity index (χ1) is 12.1. The number of fused-ring (bicyclic) bond motifs is 1. The maximum Gasteiger partial charge on any atom is 0.309 e. The van der Waals surface area contributed by atoms with Crippen LogP contribution in [0.1, 0.15) is 30.1 Å². The molecule has 1 unspecified atom stereocenters. The summed E-state index contributed by atoms with van der Waals surface area (Å²) in [7, 11) is 1.43. The second-order valence-electron chi connectivity index (χ2n) is 6.26. The third-order valence-corrected chi connectivity index (χ3v) is 4.74. The van der Waals surface area contributed by atoms with Crippen LogP contribution in [-0.4, -0.2) is 34.5 Å². The molecule has 2 aromatic rings. The molecular weight excluding hydrogens is 342 g/mol. The van der Waals surface area contributed by atoms with E-state index in [9.17, 15) is 4.79 Å². The minimum atomic E-state index is -0.164. The number of aromatic nitrogens is 3. The first-order valence-electron chi connectivity index (χ1n) is 8.46. The van der Waals surface area contributed by atoms with Crippen LogP contribution >= 0.6 is 11.6 Å². The van der Waals surface area contributed by atoms with Crippen molar-refractivity contribution in [2.45, 2.75) is 39.2 Å². The van der Waals surface area contributed by atoms with Crippen LogP contribution in [0.4, 0.5) is 0 Å². The summed E-state index contributed by atoms with van der Waals surface area (Å²) in [5.41, 5.74) is 1.03. The molecule has 0 saturated heterocycles. The molecular formula is C18H22ClN3O3. The number of aryl methyl sites for hydroxylation is 2. The fraction of sp³-hybridized carbons (Fsp3) is 0.500. The van der Waals surface area contributed by atoms with Crippen LogP contribution in [0, 0.1) is 12.8 Å². The van der Waals surface area contributed by atoms with Crippen LogP contribution < -0.4 is 4.74 Å². The molecule has 1 atom stereocenters. The number of benzene rings is 1. The van der Waals surface area contributed by atoms with Gasteiger partial charge in [-0.05, 0) is 43.5 Å². The summed E-state index contributed by atoms with van der Waals surface area (Å²) >= 11 is 5.95. The Morgan fingerprint density at radius 2 is 2.24 bits per heavy atom. The van der Waals surface area contributed by atoms with E-state index in [1.165, 1.54) is 7.11 Å². The second kappa shape index (κ2) is 7.87. The molecule has 0 N–H and O–H groups in total. The fourth-order valence-corrected chi connectivity index (χ4v) is 3.36. The Bertz CT molecular complexity index is 760. The molecule has 134 valence electrons. The average molecular weight is 364 g/mol. The molecule has 0 aliphatic carbocycles. The third-order valence-electron chi connectivity index (χ3n) is 4.51. The number of rotatable bonds is 6. The predicted octanol–water partition coefficient (Wildman–Crippen LogP) is 2.99. The number of hydrogen-bond donors (Lipinski definition) is 0. The lowest BCUT2D eigenvalue weighted by atomic mass is 9.98. The van der Waals surface area contributed by atoms with Gasteiger partial charge in [0.2, 0.25) is 0 Å². The summed E-state index contributed by atoms with van der Waals surface area (Å²) in [6.07, 6.45) is 3.01. The van der Waals surface area contributed by atoms with Gasteiger partial charge < -0.3 is 14.0 Å². The van der Waals surface area contributed by atoms with Gasteiger partial charge >= 0.3 is 5.97 Å². The number of carbonyl (C=O) groups is 1. The molecule has 0 fully saturated rings. The van der Waals surface area contributed by atoms with Crippen LogP contribution in [0.5, 0.6) is 5.75 Å². The van der Waals surface area contributed by atoms with Crippen molar-refractivity contribution in [1.82, 2.24) is 14.8 Å². The van der Waals surface area contributed by atoms with E-state index in [0.717, 1.165) is 48.8 Å². The van der Waals surface area contributed by atoms with Crippen molar-refractivity contribution in [2.75, 3.05) is 13.7 Å². The largest absolute Gasteiger partial charge is 0.493 e. The fourth-order valence-electron chi connectivity index (χ4n) is 3.13. The number of esters is 1. The predicted molar refractivity (Wildman–Crippen MR) is 93.9 cm³/mol. The zero-order chi connectivity index (χ0) is 17.8. The Labute approximate surface area is 152 Å². The summed E-state index contributed by atoms with van der Waals surface area (Å²) < 4.78 is 12.8. The number of nitrogens with zero attached hydrogens (tertiary/aromatic N) is 3. The van der Waals surface area contributed by atoms with Gasteiger partial charge in [-0.2, -0.15) is 0 Å². The van der Waals surface area contributed by atoms with E-state index in [2.05, 4.69) is 14.8 Å². The molecule has 1 aliphatic rings. The molecule has 1 aromatic heterocycles. The minimum Gasteiger partial charge on any atom is -0.493 e. The van der Waals surface area contributed by atoms with E-state index in [4.69, 9.17) is 21.1 Å². The SMILES string of the molecule is COC(=O)C1CCn2c(CCCOc3ccc(Cl)cc3C)nnc2C1. The van der Waals surface area contributed by atoms with Gasteiger partial charge in [0, 0.05) is 24.4 Å². The lowest BCUT2D eigenvalue weighted by molar-refractivity contribution is -0.146. The van der Waals surface area contributed by atoms with Crippen molar-refractivity contribution in [2.24, 2.45) is 5.92 Å². The molecule has 25 heavy (non-hydrogen) atoms. The Morgan fingerprint density at radius 1 is 1.40 bits per heavy atom. The third kappa shape index (κ3) is 4.12. The summed E-state index contributed by atoms with van der Waals surface area (Å²) in [6.45, 7) is 3.35. The lowest BCUT2D eigenvalue weighted by Crippen LogP contribution is -2.27. The van der Waals surface area contributed by atoms with Crippen LogP contribution in [0.3, 0.4) is 0 Å². The number of hydrogen-bond acceptors (Lipinski definition) is 5. The molecule has 0 amide bonds. The summed E-state index contributed by atoms with van der Waals surface area (Å²) in [5.74, 6) is 2.41. The molecule has 1 aromatic carbocycles. The van der Waals surface area contributed by atoms with Crippen LogP contribution in [0.15, 0.2) is 18.2 Å². The molecule has 3 rings (SSSR count). The monoisotopic (exact) mass is 363 g/mol. The minimum absolute atomic E-state index is 0.106. The van der Waals surface area contributed by atoms with Crippen LogP contribution in [-0.2, 0) is 28.9 Å². The van der Waals surface area contributed by atoms with Crippen molar-refractivity contribution in [1.29, 1.82) is 0 Å². The number of ether oxygens (including phenoxy) is 2. The van der Waals surface area contributed by atoms with Gasteiger partial charge in [-0.3, -0.25) is 4.79 Å². The topological polar surface area (TPSA) is 66.2 Å². The van der Waals surface area contributed by atoms with E-state index in [1.807, 2.05) is 25.1 Å². The van der Waals surface area contributed by atoms with Gasteiger partial charge in [-0.15, -0.1) is 10.2 Å². The van der Waals surface area contributed by atoms with E-state index < -0.39 is 0 Å². The maximum absolute atomic E-state index is 11.7. The Balaban J connectivity index is 1.52. The van der Waals surface area contributed by atoms with Crippen molar-refractivity contribution < 1.29 is 14.3 Å². The summed E-state index contributed by atoms with van der Waals surface area (Å²) in [5, 5.41) is 9.23. The Morgan fingerprint density at radius 3 is 3.00 bits per heavy atom. The van der Waals surface area contributed by atoms with Crippen LogP contribution in [0.25, 0.3) is 0 Å². The summed E-state index contributed by atoms with van der Waals surface area (Å²) in [6, 6.07) is 5.61. The quantitative estimate of drug-likeness (QED) is 0.583. The van der Waals surface area contributed by atoms with Crippen molar-refractivity contribution in [3.8, 4) is 5.75 Å². The molecule has 2 heterocycles. The molecule has 1 aliphatic heterocycles. The van der Waals surface area contributed by atoms with Gasteiger partial charge in [0.05, 0.1) is 19.6 Å². The highest BCUT2D eigenvalue weighted by Crippen LogP contribution is 2.23. The number of methoxy groups -OCH3 is 1. The van der Waals surface area contributed by atoms with Gasteiger partial charge in [0.1, 0.15) is 17.4 Å². The molecule has 0 spiro atoms. The first-order valence-corrected chi connectivity index (χ1v) is 8.84. The standard InChI is InChI=1S/C18H22ClN3O3/c1-12-10-14(19)5-6-15(12)25-9-3-4-16-20-21-17-11-13(18(23)24-2)7-8-22(16)17/h5-6,10,13H,3-4,7-9,11H2,1-2H3. The molecule has 0 radical (unpaired) electrons. The van der Waals surface area contributed by atoms with Gasteiger partial charge in [0.25, 0.3) is 0 Å². The van der Waals surface area contributed by atoms with Gasteiger partial charge in [-0.1, -0.05) is 11.6 Å². The zero-order valence-electron chi connectivity index (χ0n) is 14.5. The van der Waals surface area contributed by atoms with E-state index >= 15 is 0 Å². The van der Waals surface area contributed by atoms with Gasteiger partial charge in [-0.25, -0.2) is 0 Å². The smallest absolute Gasteiger partial charge is 0.309 e. The van der Waals surface area contributed by atoms with E-state index in [-0.39, 0.29) is 11.9 Å². The number of halogens is 1. The molecule has 6 nitrogen and oxygen atoms in total. The zero-order valence-corrected chi connectivity index (χ0v) is 15.3. The number of carbonyl (C=O) groups excluding carboxylic acids is 1. The average Bonchev–Trinajstić information content (AvgIpc) is 3.01. The Kier molecular flexibility index (Phi) is 5.58. The van der Waals surface area contributed by atoms with Crippen molar-refractivity contribution in [3.63, 3.8) is 0 Å². The van der Waals surface area contributed by atoms with E-state index in [1.54, 1.807) is 0 Å². The highest BCUT2D eigenvalue weighted by Gasteiger charge is 2.28. The first kappa shape index (κ1) is 17.7.